The number of fused-ring (bicyclic) bond motifs is 4. The van der Waals surface area contributed by atoms with Crippen LogP contribution in [0.4, 0.5) is 4.79 Å². The molecule has 2 N–H and O–H groups in total. The number of aromatic nitrogens is 4. The first kappa shape index (κ1) is 26.5. The molecule has 5 aromatic rings. The van der Waals surface area contributed by atoms with Crippen molar-refractivity contribution in [3.63, 3.8) is 0 Å². The molecule has 0 saturated carbocycles. The molecule has 2 saturated heterocycles. The zero-order valence-corrected chi connectivity index (χ0v) is 24.5. The SMILES string of the molecule is CC(=O)N1CCC[C@H]1c1nc2ccc(-c3ccc4c(ccc5nc([C@@H]6CCCN6C(=O)OC(C)(C)C)[nH]c54)c3)cc2[nH]1. The fourth-order valence-corrected chi connectivity index (χ4v) is 6.55. The predicted octanol–water partition coefficient (Wildman–Crippen LogP) is 7.01. The minimum absolute atomic E-state index is 0.0150. The van der Waals surface area contributed by atoms with Gasteiger partial charge in [0.1, 0.15) is 17.2 Å². The first-order chi connectivity index (χ1) is 20.1. The Morgan fingerprint density at radius 1 is 0.833 bits per heavy atom. The van der Waals surface area contributed by atoms with E-state index in [1.807, 2.05) is 37.8 Å². The van der Waals surface area contributed by atoms with Crippen LogP contribution < -0.4 is 0 Å². The van der Waals surface area contributed by atoms with Crippen LogP contribution in [0.5, 0.6) is 0 Å². The summed E-state index contributed by atoms with van der Waals surface area (Å²) < 4.78 is 5.66. The normalized spacial score (nSPS) is 19.4. The molecule has 9 heteroatoms. The Hall–Kier alpha value is -4.40. The highest BCUT2D eigenvalue weighted by Crippen LogP contribution is 2.36. The zero-order chi connectivity index (χ0) is 29.2. The van der Waals surface area contributed by atoms with Crippen LogP contribution in [-0.4, -0.2) is 60.4 Å². The van der Waals surface area contributed by atoms with Gasteiger partial charge in [-0.3, -0.25) is 9.69 Å². The highest BCUT2D eigenvalue weighted by Gasteiger charge is 2.35. The van der Waals surface area contributed by atoms with Crippen LogP contribution >= 0.6 is 0 Å². The summed E-state index contributed by atoms with van der Waals surface area (Å²) in [6.07, 6.45) is 3.41. The van der Waals surface area contributed by atoms with Crippen molar-refractivity contribution in [2.24, 2.45) is 0 Å². The van der Waals surface area contributed by atoms with Crippen LogP contribution in [0, 0.1) is 0 Å². The molecule has 42 heavy (non-hydrogen) atoms. The Bertz CT molecular complexity index is 1850. The number of imidazole rings is 2. The number of carbonyl (C=O) groups is 2. The maximum atomic E-state index is 12.9. The molecule has 0 aliphatic carbocycles. The summed E-state index contributed by atoms with van der Waals surface area (Å²) >= 11 is 0. The Morgan fingerprint density at radius 2 is 1.48 bits per heavy atom. The third kappa shape index (κ3) is 4.66. The van der Waals surface area contributed by atoms with Crippen molar-refractivity contribution < 1.29 is 14.3 Å². The van der Waals surface area contributed by atoms with E-state index in [4.69, 9.17) is 14.7 Å². The van der Waals surface area contributed by atoms with Gasteiger partial charge in [-0.05, 0) is 87.2 Å². The number of nitrogens with one attached hydrogen (secondary N) is 2. The van der Waals surface area contributed by atoms with Crippen molar-refractivity contribution in [2.45, 2.75) is 71.1 Å². The number of benzene rings is 3. The van der Waals surface area contributed by atoms with Gasteiger partial charge in [-0.15, -0.1) is 0 Å². The van der Waals surface area contributed by atoms with Gasteiger partial charge >= 0.3 is 6.09 Å². The molecule has 2 aliphatic heterocycles. The van der Waals surface area contributed by atoms with Gasteiger partial charge in [0.2, 0.25) is 5.91 Å². The maximum absolute atomic E-state index is 12.9. The van der Waals surface area contributed by atoms with Crippen LogP contribution in [0.3, 0.4) is 0 Å². The van der Waals surface area contributed by atoms with E-state index in [0.717, 1.165) is 87.8 Å². The standard InChI is InChI=1S/C33H36N6O3/c1-19(40)38-15-5-7-27(38)30-34-24-13-10-21(18-26(24)36-30)20-9-12-23-22(17-20)11-14-25-29(23)37-31(35-25)28-8-6-16-39(28)32(41)42-33(2,3)4/h9-14,17-18,27-28H,5-8,15-16H2,1-4H3,(H,34,36)(H,35,37)/t27-,28-/m0/s1. The van der Waals surface area contributed by atoms with Gasteiger partial charge in [0.25, 0.3) is 0 Å². The molecule has 4 heterocycles. The lowest BCUT2D eigenvalue weighted by Crippen LogP contribution is -2.36. The molecule has 7 rings (SSSR count). The van der Waals surface area contributed by atoms with E-state index < -0.39 is 5.60 Å². The van der Waals surface area contributed by atoms with E-state index in [-0.39, 0.29) is 24.1 Å². The smallest absolute Gasteiger partial charge is 0.410 e. The molecule has 2 atom stereocenters. The number of likely N-dealkylation sites (tertiary alicyclic amines) is 2. The monoisotopic (exact) mass is 564 g/mol. The average molecular weight is 565 g/mol. The van der Waals surface area contributed by atoms with Crippen molar-refractivity contribution in [3.05, 3.63) is 60.2 Å². The van der Waals surface area contributed by atoms with Crippen molar-refractivity contribution in [2.75, 3.05) is 13.1 Å². The number of carbonyl (C=O) groups excluding carboxylic acids is 2. The Morgan fingerprint density at radius 3 is 2.24 bits per heavy atom. The Kier molecular flexibility index (Phi) is 6.22. The van der Waals surface area contributed by atoms with E-state index in [0.29, 0.717) is 6.54 Å². The van der Waals surface area contributed by atoms with E-state index in [2.05, 4.69) is 46.4 Å². The van der Waals surface area contributed by atoms with Crippen LogP contribution in [0.2, 0.25) is 0 Å². The summed E-state index contributed by atoms with van der Waals surface area (Å²) in [5, 5.41) is 2.20. The second-order valence-corrected chi connectivity index (χ2v) is 12.6. The molecule has 2 fully saturated rings. The number of nitrogens with zero attached hydrogens (tertiary/aromatic N) is 4. The fourth-order valence-electron chi connectivity index (χ4n) is 6.55. The molecule has 2 aliphatic rings. The zero-order valence-electron chi connectivity index (χ0n) is 24.5. The fraction of sp³-hybridized carbons (Fsp3) is 0.394. The maximum Gasteiger partial charge on any atom is 0.410 e. The van der Waals surface area contributed by atoms with Gasteiger partial charge in [0.05, 0.1) is 34.2 Å². The number of hydrogen-bond acceptors (Lipinski definition) is 5. The molecule has 9 nitrogen and oxygen atoms in total. The van der Waals surface area contributed by atoms with Gasteiger partial charge in [0, 0.05) is 25.4 Å². The van der Waals surface area contributed by atoms with E-state index in [1.54, 1.807) is 11.8 Å². The second-order valence-electron chi connectivity index (χ2n) is 12.6. The van der Waals surface area contributed by atoms with E-state index >= 15 is 0 Å². The van der Waals surface area contributed by atoms with Crippen molar-refractivity contribution in [1.29, 1.82) is 0 Å². The molecule has 0 unspecified atom stereocenters. The summed E-state index contributed by atoms with van der Waals surface area (Å²) in [6, 6.07) is 16.8. The quantitative estimate of drug-likeness (QED) is 0.245. The number of H-pyrrole nitrogens is 2. The molecule has 0 bridgehead atoms. The molecule has 3 aromatic carbocycles. The van der Waals surface area contributed by atoms with Crippen LogP contribution in [0.1, 0.15) is 77.1 Å². The second kappa shape index (κ2) is 9.86. The van der Waals surface area contributed by atoms with Gasteiger partial charge in [0.15, 0.2) is 0 Å². The Balaban J connectivity index is 1.19. The number of aromatic amines is 2. The molecule has 216 valence electrons. The number of rotatable bonds is 3. The average Bonchev–Trinajstić information content (AvgIpc) is 3.75. The van der Waals surface area contributed by atoms with Crippen molar-refractivity contribution >= 4 is 44.8 Å². The van der Waals surface area contributed by atoms with E-state index in [9.17, 15) is 9.59 Å². The van der Waals surface area contributed by atoms with Gasteiger partial charge < -0.3 is 19.6 Å². The molecule has 2 amide bonds. The largest absolute Gasteiger partial charge is 0.444 e. The number of amides is 2. The van der Waals surface area contributed by atoms with Gasteiger partial charge in [-0.1, -0.05) is 24.3 Å². The van der Waals surface area contributed by atoms with Crippen LogP contribution in [0.25, 0.3) is 44.0 Å². The Labute approximate surface area is 244 Å². The molecule has 2 aromatic heterocycles. The summed E-state index contributed by atoms with van der Waals surface area (Å²) in [5.41, 5.74) is 5.41. The lowest BCUT2D eigenvalue weighted by Gasteiger charge is -2.27. The third-order valence-corrected chi connectivity index (χ3v) is 8.49. The minimum Gasteiger partial charge on any atom is -0.444 e. The summed E-state index contributed by atoms with van der Waals surface area (Å²) in [4.78, 5) is 45.4. The van der Waals surface area contributed by atoms with Crippen molar-refractivity contribution in [1.82, 2.24) is 29.7 Å². The first-order valence-electron chi connectivity index (χ1n) is 14.8. The van der Waals surface area contributed by atoms with Crippen molar-refractivity contribution in [3.8, 4) is 11.1 Å². The number of ether oxygens (including phenoxy) is 1. The van der Waals surface area contributed by atoms with Gasteiger partial charge in [-0.2, -0.15) is 0 Å². The highest BCUT2D eigenvalue weighted by molar-refractivity contribution is 6.05. The van der Waals surface area contributed by atoms with E-state index in [1.165, 1.54) is 0 Å². The minimum atomic E-state index is -0.539. The first-order valence-corrected chi connectivity index (χ1v) is 14.8. The highest BCUT2D eigenvalue weighted by atomic mass is 16.6. The molecule has 0 radical (unpaired) electrons. The predicted molar refractivity (Wildman–Crippen MR) is 163 cm³/mol. The number of hydrogen-bond donors (Lipinski definition) is 2. The summed E-state index contributed by atoms with van der Waals surface area (Å²) in [6.45, 7) is 8.75. The molecular formula is C33H36N6O3. The summed E-state index contributed by atoms with van der Waals surface area (Å²) in [5.74, 6) is 1.76. The third-order valence-electron chi connectivity index (χ3n) is 8.49. The topological polar surface area (TPSA) is 107 Å². The molecular weight excluding hydrogens is 528 g/mol. The lowest BCUT2D eigenvalue weighted by atomic mass is 10.0. The summed E-state index contributed by atoms with van der Waals surface area (Å²) in [7, 11) is 0. The van der Waals surface area contributed by atoms with Gasteiger partial charge in [-0.25, -0.2) is 14.8 Å². The molecule has 0 spiro atoms. The van der Waals surface area contributed by atoms with Crippen LogP contribution in [0.15, 0.2) is 48.5 Å². The van der Waals surface area contributed by atoms with Crippen LogP contribution in [-0.2, 0) is 9.53 Å². The lowest BCUT2D eigenvalue weighted by molar-refractivity contribution is -0.129.